The van der Waals surface area contributed by atoms with E-state index >= 15 is 0 Å². The molecular formula is C11H15ClO4S3. The highest BCUT2D eigenvalue weighted by Gasteiger charge is 2.12. The van der Waals surface area contributed by atoms with E-state index in [0.717, 1.165) is 4.90 Å². The lowest BCUT2D eigenvalue weighted by atomic mass is 10.4. The Kier molecular flexibility index (Phi) is 6.16. The van der Waals surface area contributed by atoms with Gasteiger partial charge in [-0.1, -0.05) is 6.92 Å². The van der Waals surface area contributed by atoms with Crippen LogP contribution in [0.2, 0.25) is 0 Å². The van der Waals surface area contributed by atoms with Crippen molar-refractivity contribution in [2.45, 2.75) is 23.1 Å². The van der Waals surface area contributed by atoms with Gasteiger partial charge in [-0.25, -0.2) is 16.8 Å². The van der Waals surface area contributed by atoms with Gasteiger partial charge in [0.1, 0.15) is 0 Å². The van der Waals surface area contributed by atoms with Crippen LogP contribution in [0.25, 0.3) is 0 Å². The molecule has 0 aliphatic carbocycles. The molecule has 0 amide bonds. The van der Waals surface area contributed by atoms with E-state index in [2.05, 4.69) is 0 Å². The normalized spacial score (nSPS) is 12.5. The summed E-state index contributed by atoms with van der Waals surface area (Å²) in [5.41, 5.74) is 0. The Hall–Kier alpha value is -0.240. The topological polar surface area (TPSA) is 68.3 Å². The van der Waals surface area contributed by atoms with Crippen molar-refractivity contribution in [3.05, 3.63) is 24.3 Å². The van der Waals surface area contributed by atoms with Crippen LogP contribution >= 0.6 is 22.4 Å². The summed E-state index contributed by atoms with van der Waals surface area (Å²) in [6, 6.07) is 6.44. The molecule has 0 heterocycles. The molecule has 0 unspecified atom stereocenters. The van der Waals surface area contributed by atoms with Crippen molar-refractivity contribution in [3.8, 4) is 0 Å². The predicted molar refractivity (Wildman–Crippen MR) is 79.1 cm³/mol. The molecule has 1 aromatic rings. The molecule has 0 fully saturated rings. The van der Waals surface area contributed by atoms with Crippen LogP contribution < -0.4 is 0 Å². The number of sulfone groups is 1. The van der Waals surface area contributed by atoms with Crippen LogP contribution in [-0.2, 0) is 18.9 Å². The Labute approximate surface area is 122 Å². The van der Waals surface area contributed by atoms with E-state index < -0.39 is 18.9 Å². The minimum Gasteiger partial charge on any atom is -0.224 e. The average Bonchev–Trinajstić information content (AvgIpc) is 2.28. The van der Waals surface area contributed by atoms with Gasteiger partial charge in [0.2, 0.25) is 9.05 Å². The highest BCUT2D eigenvalue weighted by molar-refractivity contribution is 8.14. The summed E-state index contributed by atoms with van der Waals surface area (Å²) < 4.78 is 45.1. The molecule has 0 aliphatic heterocycles. The third-order valence-corrected chi connectivity index (χ3v) is 6.61. The Morgan fingerprint density at radius 3 is 2.11 bits per heavy atom. The lowest BCUT2D eigenvalue weighted by Crippen LogP contribution is -2.05. The minimum atomic E-state index is -3.48. The summed E-state index contributed by atoms with van der Waals surface area (Å²) in [5, 5.41) is 0. The van der Waals surface area contributed by atoms with E-state index in [1.165, 1.54) is 11.8 Å². The maximum Gasteiger partial charge on any atom is 0.233 e. The third kappa shape index (κ3) is 6.16. The van der Waals surface area contributed by atoms with Crippen molar-refractivity contribution in [1.29, 1.82) is 0 Å². The number of hydrogen-bond acceptors (Lipinski definition) is 5. The van der Waals surface area contributed by atoms with Crippen LogP contribution in [0.15, 0.2) is 34.1 Å². The van der Waals surface area contributed by atoms with Gasteiger partial charge in [-0.05, 0) is 30.7 Å². The molecule has 0 atom stereocenters. The van der Waals surface area contributed by atoms with Crippen LogP contribution in [0.1, 0.15) is 13.3 Å². The fourth-order valence-corrected chi connectivity index (χ4v) is 4.97. The zero-order chi connectivity index (χ0) is 14.5. The smallest absolute Gasteiger partial charge is 0.224 e. The zero-order valence-corrected chi connectivity index (χ0v) is 13.6. The first-order valence-corrected chi connectivity index (χ1v) is 10.7. The second-order valence-electron chi connectivity index (χ2n) is 3.88. The van der Waals surface area contributed by atoms with Gasteiger partial charge in [-0.3, -0.25) is 0 Å². The first kappa shape index (κ1) is 16.8. The Morgan fingerprint density at radius 2 is 1.63 bits per heavy atom. The first-order chi connectivity index (χ1) is 8.74. The summed E-state index contributed by atoms with van der Waals surface area (Å²) >= 11 is 1.32. The van der Waals surface area contributed by atoms with Gasteiger partial charge in [0.25, 0.3) is 0 Å². The number of rotatable bonds is 7. The molecule has 0 bridgehead atoms. The van der Waals surface area contributed by atoms with Gasteiger partial charge in [-0.15, -0.1) is 11.8 Å². The van der Waals surface area contributed by atoms with E-state index in [1.54, 1.807) is 24.3 Å². The highest BCUT2D eigenvalue weighted by Crippen LogP contribution is 2.21. The number of benzene rings is 1. The molecule has 8 heteroatoms. The lowest BCUT2D eigenvalue weighted by Gasteiger charge is -2.04. The number of halogens is 1. The van der Waals surface area contributed by atoms with Gasteiger partial charge < -0.3 is 0 Å². The molecule has 0 N–H and O–H groups in total. The maximum atomic E-state index is 11.8. The Bertz CT molecular complexity index is 606. The van der Waals surface area contributed by atoms with Crippen LogP contribution in [0.4, 0.5) is 0 Å². The zero-order valence-electron chi connectivity index (χ0n) is 10.4. The number of thioether (sulfide) groups is 1. The van der Waals surface area contributed by atoms with Crippen LogP contribution in [0.5, 0.6) is 0 Å². The van der Waals surface area contributed by atoms with E-state index in [4.69, 9.17) is 10.7 Å². The molecule has 108 valence electrons. The summed E-state index contributed by atoms with van der Waals surface area (Å²) in [6.07, 6.45) is 0.576. The molecule has 0 aromatic heterocycles. The standard InChI is InChI=1S/C11H15ClO4S3/c1-2-8-18(13,14)11-5-3-10(4-6-11)17-7-9-19(12,15)16/h3-6H,2,7-9H2,1H3. The molecule has 1 rings (SSSR count). The highest BCUT2D eigenvalue weighted by atomic mass is 35.7. The molecular weight excluding hydrogens is 328 g/mol. The van der Waals surface area contributed by atoms with Gasteiger partial charge in [0.05, 0.1) is 16.4 Å². The van der Waals surface area contributed by atoms with E-state index in [0.29, 0.717) is 17.1 Å². The van der Waals surface area contributed by atoms with Gasteiger partial charge in [-0.2, -0.15) is 0 Å². The molecule has 0 aliphatic rings. The van der Waals surface area contributed by atoms with Crippen LogP contribution in [0, 0.1) is 0 Å². The van der Waals surface area contributed by atoms with Crippen molar-refractivity contribution in [2.75, 3.05) is 17.3 Å². The van der Waals surface area contributed by atoms with Crippen molar-refractivity contribution in [2.24, 2.45) is 0 Å². The maximum absolute atomic E-state index is 11.8. The second-order valence-corrected chi connectivity index (χ2v) is 10.1. The third-order valence-electron chi connectivity index (χ3n) is 2.25. The summed E-state index contributed by atoms with van der Waals surface area (Å²) in [6.45, 7) is 1.81. The SMILES string of the molecule is CCCS(=O)(=O)c1ccc(SCCS(=O)(=O)Cl)cc1. The fraction of sp³-hybridized carbons (Fsp3) is 0.455. The van der Waals surface area contributed by atoms with E-state index in [1.807, 2.05) is 6.92 Å². The van der Waals surface area contributed by atoms with Crippen molar-refractivity contribution in [1.82, 2.24) is 0 Å². The molecule has 1 aromatic carbocycles. The molecule has 4 nitrogen and oxygen atoms in total. The summed E-state index contributed by atoms with van der Waals surface area (Å²) in [7, 11) is -1.58. The second kappa shape index (κ2) is 6.97. The van der Waals surface area contributed by atoms with Crippen molar-refractivity contribution in [3.63, 3.8) is 0 Å². The largest absolute Gasteiger partial charge is 0.233 e. The molecule has 0 saturated carbocycles. The fourth-order valence-electron chi connectivity index (χ4n) is 1.39. The van der Waals surface area contributed by atoms with Crippen LogP contribution in [0.3, 0.4) is 0 Å². The van der Waals surface area contributed by atoms with Gasteiger partial charge in [0.15, 0.2) is 9.84 Å². The minimum absolute atomic E-state index is 0.116. The Morgan fingerprint density at radius 1 is 1.05 bits per heavy atom. The lowest BCUT2D eigenvalue weighted by molar-refractivity contribution is 0.594. The molecule has 0 radical (unpaired) electrons. The van der Waals surface area contributed by atoms with E-state index in [9.17, 15) is 16.8 Å². The summed E-state index contributed by atoms with van der Waals surface area (Å²) in [5.74, 6) is 0.353. The van der Waals surface area contributed by atoms with Crippen molar-refractivity contribution >= 4 is 41.3 Å². The van der Waals surface area contributed by atoms with Crippen molar-refractivity contribution < 1.29 is 16.8 Å². The average molecular weight is 343 g/mol. The van der Waals surface area contributed by atoms with Crippen LogP contribution in [-0.4, -0.2) is 34.1 Å². The van der Waals surface area contributed by atoms with E-state index in [-0.39, 0.29) is 11.5 Å². The number of hydrogen-bond donors (Lipinski definition) is 0. The van der Waals surface area contributed by atoms with Gasteiger partial charge in [0, 0.05) is 21.3 Å². The molecule has 0 spiro atoms. The summed E-state index contributed by atoms with van der Waals surface area (Å²) in [4.78, 5) is 1.11. The molecule has 19 heavy (non-hydrogen) atoms. The first-order valence-electron chi connectivity index (χ1n) is 5.62. The Balaban J connectivity index is 2.67. The monoisotopic (exact) mass is 342 g/mol. The quantitative estimate of drug-likeness (QED) is 0.562. The molecule has 0 saturated heterocycles. The van der Waals surface area contributed by atoms with Gasteiger partial charge >= 0.3 is 0 Å². The predicted octanol–water partition coefficient (Wildman–Crippen LogP) is 2.53.